The van der Waals surface area contributed by atoms with Crippen molar-refractivity contribution in [2.24, 2.45) is 5.73 Å². The molecule has 0 saturated heterocycles. The Labute approximate surface area is 59.4 Å². The highest BCUT2D eigenvalue weighted by Crippen LogP contribution is 1.94. The Balaban J connectivity index is 4.55. The van der Waals surface area contributed by atoms with Crippen LogP contribution in [0.5, 0.6) is 0 Å². The number of thiol groups is 1. The molecule has 2 N–H and O–H groups in total. The van der Waals surface area contributed by atoms with Crippen LogP contribution in [0.4, 0.5) is 0 Å². The monoisotopic (exact) mass is 165 g/mol. The molecule has 0 aliphatic rings. The van der Waals surface area contributed by atoms with Crippen molar-refractivity contribution < 1.29 is 17.9 Å². The molecular formula is C4H7NO4S. The smallest absolute Gasteiger partial charge is 0.350 e. The first-order chi connectivity index (χ1) is 4.63. The molecule has 0 rings (SSSR count). The normalized spacial score (nSPS) is 11.6. The molecule has 0 aromatic rings. The van der Waals surface area contributed by atoms with E-state index >= 15 is 0 Å². The lowest BCUT2D eigenvalue weighted by Gasteiger charge is -1.93. The van der Waals surface area contributed by atoms with Crippen LogP contribution >= 0.6 is 0 Å². The van der Waals surface area contributed by atoms with Gasteiger partial charge in [0.1, 0.15) is 0 Å². The molecule has 0 heterocycles. The van der Waals surface area contributed by atoms with Crippen LogP contribution in [-0.4, -0.2) is 21.5 Å². The van der Waals surface area contributed by atoms with Crippen molar-refractivity contribution in [1.82, 2.24) is 0 Å². The van der Waals surface area contributed by atoms with Crippen molar-refractivity contribution in [2.45, 2.75) is 0 Å². The Hall–Kier alpha value is -1.04. The Morgan fingerprint density at radius 3 is 2.20 bits per heavy atom. The molecule has 0 radical (unpaired) electrons. The zero-order chi connectivity index (χ0) is 8.15. The number of hydrogen-bond acceptors (Lipinski definition) is 5. The summed E-state index contributed by atoms with van der Waals surface area (Å²) in [6.45, 7) is 0. The standard InChI is InChI=1S/C4H7NO4S/c1-9-4(6)3(2-5)10(7)8/h2,10H,5H2,1H3/b3-2+. The molecular weight excluding hydrogens is 158 g/mol. The summed E-state index contributed by atoms with van der Waals surface area (Å²) in [5, 5.41) is 0. The molecule has 0 saturated carbocycles. The molecule has 0 aliphatic carbocycles. The van der Waals surface area contributed by atoms with Crippen molar-refractivity contribution >= 4 is 16.7 Å². The average Bonchev–Trinajstić information content (AvgIpc) is 1.88. The van der Waals surface area contributed by atoms with Gasteiger partial charge in [-0.25, -0.2) is 13.2 Å². The van der Waals surface area contributed by atoms with Gasteiger partial charge in [0, 0.05) is 6.20 Å². The molecule has 0 amide bonds. The molecule has 58 valence electrons. The number of esters is 1. The molecule has 6 heteroatoms. The topological polar surface area (TPSA) is 86.5 Å². The van der Waals surface area contributed by atoms with E-state index in [1.54, 1.807) is 0 Å². The molecule has 5 nitrogen and oxygen atoms in total. The summed E-state index contributed by atoms with van der Waals surface area (Å²) in [6, 6.07) is 0. The van der Waals surface area contributed by atoms with Gasteiger partial charge in [0.15, 0.2) is 15.6 Å². The van der Waals surface area contributed by atoms with Gasteiger partial charge in [-0.15, -0.1) is 0 Å². The number of rotatable bonds is 2. The van der Waals surface area contributed by atoms with Crippen molar-refractivity contribution in [3.63, 3.8) is 0 Å². The highest BCUT2D eigenvalue weighted by molar-refractivity contribution is 7.78. The summed E-state index contributed by atoms with van der Waals surface area (Å²) in [5.41, 5.74) is 4.80. The first kappa shape index (κ1) is 8.96. The van der Waals surface area contributed by atoms with E-state index in [1.807, 2.05) is 0 Å². The van der Waals surface area contributed by atoms with Gasteiger partial charge in [-0.1, -0.05) is 0 Å². The summed E-state index contributed by atoms with van der Waals surface area (Å²) in [7, 11) is -1.87. The number of carbonyl (C=O) groups excluding carboxylic acids is 1. The zero-order valence-corrected chi connectivity index (χ0v) is 6.13. The van der Waals surface area contributed by atoms with Gasteiger partial charge in [-0.2, -0.15) is 0 Å². The highest BCUT2D eigenvalue weighted by atomic mass is 32.2. The van der Waals surface area contributed by atoms with Crippen LogP contribution in [0.1, 0.15) is 0 Å². The molecule has 10 heavy (non-hydrogen) atoms. The zero-order valence-electron chi connectivity index (χ0n) is 5.23. The first-order valence-electron chi connectivity index (χ1n) is 2.28. The maximum Gasteiger partial charge on any atom is 0.350 e. The minimum atomic E-state index is -2.95. The van der Waals surface area contributed by atoms with Gasteiger partial charge >= 0.3 is 5.97 Å². The predicted molar refractivity (Wildman–Crippen MR) is 34.6 cm³/mol. The van der Waals surface area contributed by atoms with E-state index in [0.717, 1.165) is 7.11 Å². The Morgan fingerprint density at radius 1 is 1.60 bits per heavy atom. The lowest BCUT2D eigenvalue weighted by Crippen LogP contribution is -2.07. The second-order valence-corrected chi connectivity index (χ2v) is 2.30. The molecule has 0 unspecified atom stereocenters. The van der Waals surface area contributed by atoms with Crippen LogP contribution in [0.3, 0.4) is 0 Å². The molecule has 0 fully saturated rings. The SMILES string of the molecule is COC(=O)/C(=C\N)[SH](=O)=O. The third kappa shape index (κ3) is 2.06. The van der Waals surface area contributed by atoms with E-state index in [0.29, 0.717) is 6.20 Å². The molecule has 0 aromatic heterocycles. The molecule has 0 bridgehead atoms. The number of carbonyl (C=O) groups is 1. The van der Waals surface area contributed by atoms with E-state index in [2.05, 4.69) is 4.74 Å². The van der Waals surface area contributed by atoms with Gasteiger partial charge in [0.25, 0.3) is 0 Å². The van der Waals surface area contributed by atoms with Crippen LogP contribution in [0.25, 0.3) is 0 Å². The van der Waals surface area contributed by atoms with Crippen molar-refractivity contribution in [3.8, 4) is 0 Å². The maximum atomic E-state index is 10.4. The Morgan fingerprint density at radius 2 is 2.10 bits per heavy atom. The third-order valence-electron chi connectivity index (χ3n) is 0.749. The lowest BCUT2D eigenvalue weighted by molar-refractivity contribution is -0.135. The van der Waals surface area contributed by atoms with Crippen LogP contribution in [-0.2, 0) is 20.2 Å². The molecule has 0 aromatic carbocycles. The summed E-state index contributed by atoms with van der Waals surface area (Å²) < 4.78 is 24.3. The fourth-order valence-corrected chi connectivity index (χ4v) is 0.670. The fraction of sp³-hybridized carbons (Fsp3) is 0.250. The summed E-state index contributed by atoms with van der Waals surface area (Å²) in [5.74, 6) is -0.946. The summed E-state index contributed by atoms with van der Waals surface area (Å²) in [4.78, 5) is 9.90. The second kappa shape index (κ2) is 3.89. The largest absolute Gasteiger partial charge is 0.465 e. The number of nitrogens with two attached hydrogens (primary N) is 1. The molecule has 0 spiro atoms. The summed E-state index contributed by atoms with van der Waals surface area (Å²) >= 11 is 0. The van der Waals surface area contributed by atoms with Gasteiger partial charge in [0.2, 0.25) is 0 Å². The average molecular weight is 165 g/mol. The van der Waals surface area contributed by atoms with E-state index in [1.165, 1.54) is 0 Å². The van der Waals surface area contributed by atoms with E-state index < -0.39 is 21.6 Å². The van der Waals surface area contributed by atoms with Gasteiger partial charge in [-0.05, 0) is 0 Å². The van der Waals surface area contributed by atoms with E-state index in [-0.39, 0.29) is 0 Å². The summed E-state index contributed by atoms with van der Waals surface area (Å²) in [6.07, 6.45) is 0.692. The van der Waals surface area contributed by atoms with Crippen LogP contribution < -0.4 is 5.73 Å². The van der Waals surface area contributed by atoms with Crippen molar-refractivity contribution in [1.29, 1.82) is 0 Å². The number of methoxy groups -OCH3 is 1. The molecule has 0 atom stereocenters. The Bertz CT molecular complexity index is 221. The highest BCUT2D eigenvalue weighted by Gasteiger charge is 2.10. The van der Waals surface area contributed by atoms with Gasteiger partial charge in [0.05, 0.1) is 7.11 Å². The first-order valence-corrected chi connectivity index (χ1v) is 3.45. The Kier molecular flexibility index (Phi) is 3.48. The number of hydrogen-bond donors (Lipinski definition) is 2. The quantitative estimate of drug-likeness (QED) is 0.297. The van der Waals surface area contributed by atoms with Crippen molar-refractivity contribution in [2.75, 3.05) is 7.11 Å². The lowest BCUT2D eigenvalue weighted by atomic mass is 10.6. The molecule has 0 aliphatic heterocycles. The minimum absolute atomic E-state index is 0.530. The number of ether oxygens (including phenoxy) is 1. The van der Waals surface area contributed by atoms with Crippen LogP contribution in [0.15, 0.2) is 11.1 Å². The van der Waals surface area contributed by atoms with Crippen LogP contribution in [0.2, 0.25) is 0 Å². The predicted octanol–water partition coefficient (Wildman–Crippen LogP) is -1.43. The van der Waals surface area contributed by atoms with E-state index in [9.17, 15) is 13.2 Å². The van der Waals surface area contributed by atoms with Gasteiger partial charge < -0.3 is 10.5 Å². The fourth-order valence-electron chi connectivity index (χ4n) is 0.308. The van der Waals surface area contributed by atoms with Gasteiger partial charge in [-0.3, -0.25) is 0 Å². The van der Waals surface area contributed by atoms with Crippen molar-refractivity contribution in [3.05, 3.63) is 11.1 Å². The maximum absolute atomic E-state index is 10.4. The van der Waals surface area contributed by atoms with E-state index in [4.69, 9.17) is 5.73 Å². The third-order valence-corrected chi connectivity index (χ3v) is 1.47. The minimum Gasteiger partial charge on any atom is -0.465 e. The van der Waals surface area contributed by atoms with Crippen LogP contribution in [0, 0.1) is 0 Å². The second-order valence-electron chi connectivity index (χ2n) is 1.30.